The lowest BCUT2D eigenvalue weighted by Gasteiger charge is -2.26. The van der Waals surface area contributed by atoms with Gasteiger partial charge in [0.15, 0.2) is 5.82 Å². The Morgan fingerprint density at radius 2 is 2.06 bits per heavy atom. The monoisotopic (exact) mass is 431 g/mol. The number of H-pyrrole nitrogens is 1. The Morgan fingerprint density at radius 3 is 2.75 bits per heavy atom. The van der Waals surface area contributed by atoms with Gasteiger partial charge in [0.1, 0.15) is 16.9 Å². The van der Waals surface area contributed by atoms with Gasteiger partial charge in [-0.25, -0.2) is 9.37 Å². The molecule has 4 aromatic rings. The zero-order valence-corrected chi connectivity index (χ0v) is 17.8. The molecular formula is C23H22FN7O. The molecule has 1 aliphatic rings. The van der Waals surface area contributed by atoms with Crippen LogP contribution in [0.15, 0.2) is 47.5 Å². The molecule has 0 bridgehead atoms. The fraction of sp³-hybridized carbons (Fsp3) is 0.261. The molecule has 0 radical (unpaired) electrons. The number of benzene rings is 1. The maximum atomic E-state index is 15.0. The summed E-state index contributed by atoms with van der Waals surface area (Å²) in [6, 6.07) is 7.50. The zero-order chi connectivity index (χ0) is 22.2. The van der Waals surface area contributed by atoms with Crippen LogP contribution >= 0.6 is 0 Å². The summed E-state index contributed by atoms with van der Waals surface area (Å²) in [7, 11) is 1.82. The molecule has 5 rings (SSSR count). The first kappa shape index (κ1) is 20.2. The van der Waals surface area contributed by atoms with Crippen molar-refractivity contribution in [3.05, 3.63) is 75.7 Å². The van der Waals surface area contributed by atoms with Crippen molar-refractivity contribution >= 4 is 16.6 Å². The highest BCUT2D eigenvalue weighted by Crippen LogP contribution is 2.25. The number of pyridine rings is 1. The Hall–Kier alpha value is -3.72. The lowest BCUT2D eigenvalue weighted by molar-refractivity contribution is 0.289. The van der Waals surface area contributed by atoms with Crippen LogP contribution in [0.4, 0.5) is 4.39 Å². The van der Waals surface area contributed by atoms with Gasteiger partial charge in [-0.15, -0.1) is 5.10 Å². The Labute approximate surface area is 183 Å². The maximum Gasteiger partial charge on any atom is 0.269 e. The van der Waals surface area contributed by atoms with Crippen LogP contribution in [0.3, 0.4) is 0 Å². The largest absolute Gasteiger partial charge is 0.317 e. The first-order valence-corrected chi connectivity index (χ1v) is 10.4. The van der Waals surface area contributed by atoms with Crippen LogP contribution in [0.5, 0.6) is 0 Å². The lowest BCUT2D eigenvalue weighted by Crippen LogP contribution is -2.28. The zero-order valence-electron chi connectivity index (χ0n) is 17.8. The summed E-state index contributed by atoms with van der Waals surface area (Å²) < 4.78 is 16.6. The van der Waals surface area contributed by atoms with Crippen LogP contribution in [0, 0.1) is 12.7 Å². The van der Waals surface area contributed by atoms with Gasteiger partial charge in [0, 0.05) is 38.4 Å². The van der Waals surface area contributed by atoms with E-state index >= 15 is 0 Å². The Morgan fingerprint density at radius 1 is 1.19 bits per heavy atom. The SMILES string of the molecule is Cc1nc2ccc(CN3CC=C(c4ccc(-c5cn(C)nn5)nc4)CC3)c(F)c2[nH]c1=O. The van der Waals surface area contributed by atoms with Gasteiger partial charge in [0.25, 0.3) is 5.56 Å². The lowest BCUT2D eigenvalue weighted by atomic mass is 10.00. The quantitative estimate of drug-likeness (QED) is 0.534. The first-order chi connectivity index (χ1) is 15.5. The van der Waals surface area contributed by atoms with E-state index in [1.807, 2.05) is 31.6 Å². The number of rotatable bonds is 4. The molecule has 4 heterocycles. The number of hydrogen-bond acceptors (Lipinski definition) is 6. The van der Waals surface area contributed by atoms with E-state index in [1.54, 1.807) is 23.7 Å². The average molecular weight is 431 g/mol. The molecule has 0 fully saturated rings. The smallest absolute Gasteiger partial charge is 0.269 e. The van der Waals surface area contributed by atoms with Gasteiger partial charge < -0.3 is 4.98 Å². The van der Waals surface area contributed by atoms with Crippen molar-refractivity contribution in [2.45, 2.75) is 19.9 Å². The fourth-order valence-corrected chi connectivity index (χ4v) is 3.94. The van der Waals surface area contributed by atoms with E-state index in [2.05, 4.69) is 36.2 Å². The molecule has 1 N–H and O–H groups in total. The van der Waals surface area contributed by atoms with Crippen LogP contribution in [-0.2, 0) is 13.6 Å². The van der Waals surface area contributed by atoms with Crippen LogP contribution in [0.2, 0.25) is 0 Å². The molecule has 9 heteroatoms. The molecule has 1 aromatic carbocycles. The number of halogens is 1. The predicted octanol–water partition coefficient (Wildman–Crippen LogP) is 2.85. The number of hydrogen-bond donors (Lipinski definition) is 1. The Kier molecular flexibility index (Phi) is 5.10. The van der Waals surface area contributed by atoms with Gasteiger partial charge in [-0.2, -0.15) is 0 Å². The normalized spacial score (nSPS) is 14.7. The second kappa shape index (κ2) is 8.08. The summed E-state index contributed by atoms with van der Waals surface area (Å²) in [6.07, 6.45) is 6.70. The minimum Gasteiger partial charge on any atom is -0.317 e. The number of aromatic amines is 1. The second-order valence-corrected chi connectivity index (χ2v) is 8.01. The van der Waals surface area contributed by atoms with E-state index in [4.69, 9.17) is 0 Å². The van der Waals surface area contributed by atoms with Gasteiger partial charge in [0.05, 0.1) is 17.4 Å². The third kappa shape index (κ3) is 3.82. The molecule has 0 unspecified atom stereocenters. The Bertz CT molecular complexity index is 1390. The second-order valence-electron chi connectivity index (χ2n) is 8.01. The minimum atomic E-state index is -0.411. The van der Waals surface area contributed by atoms with Crippen molar-refractivity contribution in [3.63, 3.8) is 0 Å². The summed E-state index contributed by atoms with van der Waals surface area (Å²) in [6.45, 7) is 3.59. The predicted molar refractivity (Wildman–Crippen MR) is 119 cm³/mol. The van der Waals surface area contributed by atoms with E-state index < -0.39 is 5.82 Å². The van der Waals surface area contributed by atoms with E-state index in [0.29, 0.717) is 29.9 Å². The summed E-state index contributed by atoms with van der Waals surface area (Å²) in [4.78, 5) is 25.3. The van der Waals surface area contributed by atoms with Crippen molar-refractivity contribution in [1.29, 1.82) is 0 Å². The highest BCUT2D eigenvalue weighted by Gasteiger charge is 2.17. The molecule has 0 spiro atoms. The van der Waals surface area contributed by atoms with Crippen molar-refractivity contribution in [2.24, 2.45) is 7.05 Å². The van der Waals surface area contributed by atoms with E-state index in [9.17, 15) is 9.18 Å². The molecule has 1 aliphatic heterocycles. The molecule has 162 valence electrons. The number of fused-ring (bicyclic) bond motifs is 1. The number of aryl methyl sites for hydroxylation is 2. The van der Waals surface area contributed by atoms with Crippen molar-refractivity contribution in [2.75, 3.05) is 13.1 Å². The van der Waals surface area contributed by atoms with Gasteiger partial charge in [-0.1, -0.05) is 23.4 Å². The van der Waals surface area contributed by atoms with Crippen LogP contribution in [0.25, 0.3) is 28.0 Å². The minimum absolute atomic E-state index is 0.167. The number of aromatic nitrogens is 6. The fourth-order valence-electron chi connectivity index (χ4n) is 3.94. The summed E-state index contributed by atoms with van der Waals surface area (Å²) in [5.74, 6) is -0.411. The summed E-state index contributed by atoms with van der Waals surface area (Å²) >= 11 is 0. The molecule has 0 saturated heterocycles. The van der Waals surface area contributed by atoms with Gasteiger partial charge >= 0.3 is 0 Å². The van der Waals surface area contributed by atoms with Crippen LogP contribution in [0.1, 0.15) is 23.2 Å². The van der Waals surface area contributed by atoms with Crippen molar-refractivity contribution in [1.82, 2.24) is 34.8 Å². The first-order valence-electron chi connectivity index (χ1n) is 10.4. The molecule has 0 amide bonds. The van der Waals surface area contributed by atoms with Crippen molar-refractivity contribution in [3.8, 4) is 11.4 Å². The van der Waals surface area contributed by atoms with Gasteiger partial charge in [0.2, 0.25) is 0 Å². The van der Waals surface area contributed by atoms with Gasteiger partial charge in [-0.05, 0) is 36.6 Å². The number of nitrogens with one attached hydrogen (secondary N) is 1. The molecule has 0 aliphatic carbocycles. The average Bonchev–Trinajstić information content (AvgIpc) is 3.24. The van der Waals surface area contributed by atoms with Crippen LogP contribution < -0.4 is 5.56 Å². The van der Waals surface area contributed by atoms with Crippen molar-refractivity contribution < 1.29 is 4.39 Å². The van der Waals surface area contributed by atoms with E-state index in [-0.39, 0.29) is 11.1 Å². The van der Waals surface area contributed by atoms with Gasteiger partial charge in [-0.3, -0.25) is 19.4 Å². The standard InChI is InChI=1S/C23H22FN7O/c1-14-23(32)27-22-19(26-14)6-4-17(21(22)24)12-31-9-7-15(8-10-31)16-3-5-18(25-11-16)20-13-30(2)29-28-20/h3-7,11,13H,8-10,12H2,1-2H3,(H,27,32). The molecule has 0 saturated carbocycles. The molecule has 3 aromatic heterocycles. The Balaban J connectivity index is 1.30. The molecule has 32 heavy (non-hydrogen) atoms. The summed E-state index contributed by atoms with van der Waals surface area (Å²) in [5.41, 5.74) is 4.97. The molecule has 8 nitrogen and oxygen atoms in total. The highest BCUT2D eigenvalue weighted by atomic mass is 19.1. The summed E-state index contributed by atoms with van der Waals surface area (Å²) in [5, 5.41) is 8.03. The highest BCUT2D eigenvalue weighted by molar-refractivity contribution is 5.75. The van der Waals surface area contributed by atoms with Crippen LogP contribution in [-0.4, -0.2) is 47.9 Å². The number of nitrogens with zero attached hydrogens (tertiary/aromatic N) is 6. The third-order valence-electron chi connectivity index (χ3n) is 5.74. The maximum absolute atomic E-state index is 15.0. The van der Waals surface area contributed by atoms with E-state index in [1.165, 1.54) is 5.57 Å². The van der Waals surface area contributed by atoms with E-state index in [0.717, 1.165) is 29.9 Å². The molecule has 0 atom stereocenters. The third-order valence-corrected chi connectivity index (χ3v) is 5.74. The molecular weight excluding hydrogens is 409 g/mol. The topological polar surface area (TPSA) is 92.6 Å².